The third-order valence-electron chi connectivity index (χ3n) is 3.21. The highest BCUT2D eigenvalue weighted by molar-refractivity contribution is 7.10. The molecule has 0 saturated heterocycles. The first kappa shape index (κ1) is 17.7. The van der Waals surface area contributed by atoms with Crippen molar-refractivity contribution in [3.63, 3.8) is 0 Å². The van der Waals surface area contributed by atoms with Gasteiger partial charge in [0.1, 0.15) is 0 Å². The van der Waals surface area contributed by atoms with Crippen LogP contribution in [-0.4, -0.2) is 23.5 Å². The monoisotopic (exact) mass is 312 g/mol. The number of carboxylic acids is 1. The summed E-state index contributed by atoms with van der Waals surface area (Å²) >= 11 is 1.45. The van der Waals surface area contributed by atoms with E-state index in [4.69, 9.17) is 10.8 Å². The fourth-order valence-electron chi connectivity index (χ4n) is 2.33. The van der Waals surface area contributed by atoms with Crippen LogP contribution in [0.15, 0.2) is 17.5 Å². The Morgan fingerprint density at radius 3 is 2.57 bits per heavy atom. The number of hydrogen-bond acceptors (Lipinski definition) is 4. The van der Waals surface area contributed by atoms with E-state index in [1.165, 1.54) is 11.3 Å². The summed E-state index contributed by atoms with van der Waals surface area (Å²) in [5, 5.41) is 13.7. The van der Waals surface area contributed by atoms with Gasteiger partial charge in [0, 0.05) is 11.3 Å². The quantitative estimate of drug-likeness (QED) is 0.653. The Bertz CT molecular complexity index is 446. The number of carboxylic acid groups (broad SMARTS) is 1. The van der Waals surface area contributed by atoms with Crippen LogP contribution in [0.1, 0.15) is 44.0 Å². The lowest BCUT2D eigenvalue weighted by Crippen LogP contribution is -2.32. The van der Waals surface area contributed by atoms with Crippen molar-refractivity contribution in [1.82, 2.24) is 5.32 Å². The molecule has 0 radical (unpaired) electrons. The van der Waals surface area contributed by atoms with Crippen molar-refractivity contribution in [2.45, 2.75) is 39.2 Å². The van der Waals surface area contributed by atoms with E-state index < -0.39 is 12.0 Å². The third-order valence-corrected chi connectivity index (χ3v) is 4.20. The molecule has 1 aromatic rings. The second-order valence-electron chi connectivity index (χ2n) is 5.67. The zero-order chi connectivity index (χ0) is 15.8. The molecule has 0 saturated carbocycles. The molecule has 6 heteroatoms. The smallest absolute Gasteiger partial charge is 0.305 e. The Morgan fingerprint density at radius 1 is 1.38 bits per heavy atom. The minimum Gasteiger partial charge on any atom is -0.481 e. The Hall–Kier alpha value is -1.40. The van der Waals surface area contributed by atoms with Crippen LogP contribution in [-0.2, 0) is 9.59 Å². The molecule has 4 N–H and O–H groups in total. The van der Waals surface area contributed by atoms with Crippen LogP contribution in [0.3, 0.4) is 0 Å². The van der Waals surface area contributed by atoms with Crippen molar-refractivity contribution in [2.24, 2.45) is 17.6 Å². The summed E-state index contributed by atoms with van der Waals surface area (Å²) in [5.74, 6) is -0.436. The highest BCUT2D eigenvalue weighted by Crippen LogP contribution is 2.23. The molecule has 1 unspecified atom stereocenters. The number of aliphatic carboxylic acids is 1. The summed E-state index contributed by atoms with van der Waals surface area (Å²) in [7, 11) is 0. The van der Waals surface area contributed by atoms with Gasteiger partial charge in [0.05, 0.1) is 12.5 Å². The molecule has 0 bridgehead atoms. The van der Waals surface area contributed by atoms with Crippen molar-refractivity contribution in [2.75, 3.05) is 6.54 Å². The van der Waals surface area contributed by atoms with Crippen molar-refractivity contribution in [3.05, 3.63) is 22.4 Å². The van der Waals surface area contributed by atoms with Crippen LogP contribution in [0.5, 0.6) is 0 Å². The Morgan fingerprint density at radius 2 is 2.10 bits per heavy atom. The van der Waals surface area contributed by atoms with E-state index in [0.717, 1.165) is 11.3 Å². The molecule has 0 aliphatic heterocycles. The minimum atomic E-state index is -0.925. The average molecular weight is 312 g/mol. The summed E-state index contributed by atoms with van der Waals surface area (Å²) < 4.78 is 0. The number of nitrogens with two attached hydrogens (primary N) is 1. The lowest BCUT2D eigenvalue weighted by atomic mass is 9.94. The molecule has 0 aliphatic carbocycles. The van der Waals surface area contributed by atoms with Gasteiger partial charge < -0.3 is 16.2 Å². The summed E-state index contributed by atoms with van der Waals surface area (Å²) in [5.41, 5.74) is 5.70. The molecule has 1 heterocycles. The van der Waals surface area contributed by atoms with Crippen molar-refractivity contribution in [1.29, 1.82) is 0 Å². The predicted molar refractivity (Wildman–Crippen MR) is 84.1 cm³/mol. The zero-order valence-electron chi connectivity index (χ0n) is 12.5. The predicted octanol–water partition coefficient (Wildman–Crippen LogP) is 2.39. The van der Waals surface area contributed by atoms with E-state index in [2.05, 4.69) is 19.2 Å². The van der Waals surface area contributed by atoms with Gasteiger partial charge in [0.25, 0.3) is 0 Å². The Balaban J connectivity index is 2.61. The van der Waals surface area contributed by atoms with Gasteiger partial charge in [-0.05, 0) is 36.2 Å². The van der Waals surface area contributed by atoms with E-state index in [1.54, 1.807) is 0 Å². The fourth-order valence-corrected chi connectivity index (χ4v) is 3.11. The topological polar surface area (TPSA) is 92.4 Å². The van der Waals surface area contributed by atoms with Gasteiger partial charge in [-0.1, -0.05) is 19.9 Å². The highest BCUT2D eigenvalue weighted by Gasteiger charge is 2.21. The molecule has 1 aromatic heterocycles. The summed E-state index contributed by atoms with van der Waals surface area (Å²) in [6.45, 7) is 4.66. The van der Waals surface area contributed by atoms with Crippen molar-refractivity contribution in [3.8, 4) is 0 Å². The van der Waals surface area contributed by atoms with Crippen LogP contribution < -0.4 is 11.1 Å². The van der Waals surface area contributed by atoms with Gasteiger partial charge in [-0.2, -0.15) is 0 Å². The SMILES string of the molecule is CC(C)C[C@H](CN)CC(=O)NC(CC(=O)O)c1cccs1. The first-order chi connectivity index (χ1) is 9.92. The first-order valence-electron chi connectivity index (χ1n) is 7.17. The Labute approximate surface area is 129 Å². The number of amides is 1. The van der Waals surface area contributed by atoms with E-state index in [1.807, 2.05) is 17.5 Å². The molecule has 5 nitrogen and oxygen atoms in total. The number of rotatable bonds is 9. The van der Waals surface area contributed by atoms with Gasteiger partial charge in [0.2, 0.25) is 5.91 Å². The normalized spacial score (nSPS) is 13.9. The second-order valence-corrected chi connectivity index (χ2v) is 6.65. The summed E-state index contributed by atoms with van der Waals surface area (Å²) in [4.78, 5) is 23.9. The van der Waals surface area contributed by atoms with Crippen LogP contribution >= 0.6 is 11.3 Å². The van der Waals surface area contributed by atoms with Gasteiger partial charge in [0.15, 0.2) is 0 Å². The number of nitrogens with one attached hydrogen (secondary N) is 1. The molecule has 0 aromatic carbocycles. The Kier molecular flexibility index (Phi) is 7.39. The maximum atomic E-state index is 12.1. The summed E-state index contributed by atoms with van der Waals surface area (Å²) in [6, 6.07) is 3.22. The lowest BCUT2D eigenvalue weighted by molar-refractivity contribution is -0.137. The second kappa shape index (κ2) is 8.79. The molecule has 118 valence electrons. The average Bonchev–Trinajstić information content (AvgIpc) is 2.89. The van der Waals surface area contributed by atoms with Crippen molar-refractivity contribution < 1.29 is 14.7 Å². The van der Waals surface area contributed by atoms with Gasteiger partial charge in [-0.15, -0.1) is 11.3 Å². The van der Waals surface area contributed by atoms with Crippen LogP contribution in [0.4, 0.5) is 0 Å². The minimum absolute atomic E-state index is 0.107. The molecule has 0 aliphatic rings. The van der Waals surface area contributed by atoms with Crippen LogP contribution in [0, 0.1) is 11.8 Å². The number of carbonyl (C=O) groups is 2. The highest BCUT2D eigenvalue weighted by atomic mass is 32.1. The first-order valence-corrected chi connectivity index (χ1v) is 8.05. The number of hydrogen-bond donors (Lipinski definition) is 3. The van der Waals surface area contributed by atoms with Crippen LogP contribution in [0.2, 0.25) is 0 Å². The largest absolute Gasteiger partial charge is 0.481 e. The summed E-state index contributed by atoms with van der Waals surface area (Å²) in [6.07, 6.45) is 1.13. The third kappa shape index (κ3) is 6.73. The van der Waals surface area contributed by atoms with E-state index >= 15 is 0 Å². The van der Waals surface area contributed by atoms with E-state index in [0.29, 0.717) is 18.9 Å². The standard InChI is InChI=1S/C15H24N2O3S/c1-10(2)6-11(9-16)7-14(18)17-12(8-15(19)20)13-4-3-5-21-13/h3-5,10-12H,6-9,16H2,1-2H3,(H,17,18)(H,19,20)/t11-,12?/m0/s1. The molecule has 1 amide bonds. The van der Waals surface area contributed by atoms with Gasteiger partial charge >= 0.3 is 5.97 Å². The number of carbonyl (C=O) groups excluding carboxylic acids is 1. The molecule has 2 atom stereocenters. The fraction of sp³-hybridized carbons (Fsp3) is 0.600. The van der Waals surface area contributed by atoms with E-state index in [9.17, 15) is 9.59 Å². The molecular weight excluding hydrogens is 288 g/mol. The maximum absolute atomic E-state index is 12.1. The molecule has 1 rings (SSSR count). The number of thiophene rings is 1. The maximum Gasteiger partial charge on any atom is 0.305 e. The van der Waals surface area contributed by atoms with Gasteiger partial charge in [-0.3, -0.25) is 9.59 Å². The molecule has 21 heavy (non-hydrogen) atoms. The van der Waals surface area contributed by atoms with E-state index in [-0.39, 0.29) is 18.2 Å². The molecule has 0 spiro atoms. The molecular formula is C15H24N2O3S. The molecule has 0 fully saturated rings. The zero-order valence-corrected chi connectivity index (χ0v) is 13.4. The van der Waals surface area contributed by atoms with Gasteiger partial charge in [-0.25, -0.2) is 0 Å². The van der Waals surface area contributed by atoms with Crippen molar-refractivity contribution >= 4 is 23.2 Å². The van der Waals surface area contributed by atoms with Crippen LogP contribution in [0.25, 0.3) is 0 Å². The lowest BCUT2D eigenvalue weighted by Gasteiger charge is -2.20.